The first-order valence-electron chi connectivity index (χ1n) is 5.07. The van der Waals surface area contributed by atoms with Gasteiger partial charge in [0, 0.05) is 6.61 Å². The zero-order chi connectivity index (χ0) is 11.5. The summed E-state index contributed by atoms with van der Waals surface area (Å²) >= 11 is 1.16. The van der Waals surface area contributed by atoms with Crippen LogP contribution in [0.2, 0.25) is 0 Å². The van der Waals surface area contributed by atoms with Crippen LogP contribution < -0.4 is 16.8 Å². The Morgan fingerprint density at radius 3 is 3.06 bits per heavy atom. The van der Waals surface area contributed by atoms with Gasteiger partial charge in [0.15, 0.2) is 5.82 Å². The predicted molar refractivity (Wildman–Crippen MR) is 62.5 cm³/mol. The van der Waals surface area contributed by atoms with Gasteiger partial charge in [-0.2, -0.15) is 4.37 Å². The Morgan fingerprint density at radius 2 is 2.44 bits per heavy atom. The van der Waals surface area contributed by atoms with E-state index in [-0.39, 0.29) is 17.4 Å². The standard InChI is InChI=1S/C9H14N4O2S/c10-7-6(8(11)14)9(16-13-7)12-5-2-1-3-15-4-5/h5,12H,1-4H2,(H2,10,13)(H2,11,14). The second-order valence-corrected chi connectivity index (χ2v) is 4.47. The molecule has 1 atom stereocenters. The lowest BCUT2D eigenvalue weighted by molar-refractivity contribution is 0.0875. The first-order chi connectivity index (χ1) is 7.68. The first-order valence-corrected chi connectivity index (χ1v) is 5.85. The van der Waals surface area contributed by atoms with Gasteiger partial charge in [0.05, 0.1) is 12.6 Å². The molecule has 5 N–H and O–H groups in total. The molecular formula is C9H14N4O2S. The van der Waals surface area contributed by atoms with E-state index in [1.165, 1.54) is 0 Å². The third kappa shape index (κ3) is 2.25. The van der Waals surface area contributed by atoms with E-state index in [2.05, 4.69) is 9.69 Å². The maximum Gasteiger partial charge on any atom is 0.255 e. The van der Waals surface area contributed by atoms with Crippen molar-refractivity contribution < 1.29 is 9.53 Å². The number of anilines is 2. The highest BCUT2D eigenvalue weighted by Gasteiger charge is 2.20. The lowest BCUT2D eigenvalue weighted by atomic mass is 10.1. The van der Waals surface area contributed by atoms with Crippen molar-refractivity contribution in [3.63, 3.8) is 0 Å². The van der Waals surface area contributed by atoms with Gasteiger partial charge in [0.1, 0.15) is 10.6 Å². The molecule has 0 spiro atoms. The summed E-state index contributed by atoms with van der Waals surface area (Å²) in [7, 11) is 0. The van der Waals surface area contributed by atoms with Gasteiger partial charge in [-0.1, -0.05) is 0 Å². The lowest BCUT2D eigenvalue weighted by Crippen LogP contribution is -2.30. The number of carbonyl (C=O) groups excluding carboxylic acids is 1. The van der Waals surface area contributed by atoms with Crippen LogP contribution in [0, 0.1) is 0 Å². The highest BCUT2D eigenvalue weighted by molar-refractivity contribution is 7.11. The van der Waals surface area contributed by atoms with Gasteiger partial charge in [-0.05, 0) is 24.4 Å². The molecule has 88 valence electrons. The van der Waals surface area contributed by atoms with E-state index in [9.17, 15) is 4.79 Å². The molecule has 1 fully saturated rings. The molecule has 0 aromatic carbocycles. The van der Waals surface area contributed by atoms with E-state index in [0.717, 1.165) is 31.0 Å². The SMILES string of the molecule is NC(=O)c1c(N)nsc1NC1CCCOC1. The molecule has 1 saturated heterocycles. The number of nitrogens with zero attached hydrogens (tertiary/aromatic N) is 1. The maximum atomic E-state index is 11.2. The lowest BCUT2D eigenvalue weighted by Gasteiger charge is -2.23. The van der Waals surface area contributed by atoms with E-state index in [1.807, 2.05) is 0 Å². The van der Waals surface area contributed by atoms with Crippen LogP contribution in [-0.4, -0.2) is 29.5 Å². The topological polar surface area (TPSA) is 103 Å². The minimum absolute atomic E-state index is 0.191. The number of nitrogens with two attached hydrogens (primary N) is 2. The van der Waals surface area contributed by atoms with E-state index in [4.69, 9.17) is 16.2 Å². The van der Waals surface area contributed by atoms with Crippen molar-refractivity contribution >= 4 is 28.3 Å². The van der Waals surface area contributed by atoms with Crippen molar-refractivity contribution in [2.75, 3.05) is 24.3 Å². The molecular weight excluding hydrogens is 228 g/mol. The number of primary amides is 1. The van der Waals surface area contributed by atoms with Gasteiger partial charge < -0.3 is 21.5 Å². The van der Waals surface area contributed by atoms with Crippen molar-refractivity contribution in [2.24, 2.45) is 5.73 Å². The highest BCUT2D eigenvalue weighted by atomic mass is 32.1. The minimum Gasteiger partial charge on any atom is -0.382 e. The Kier molecular flexibility index (Phi) is 3.25. The number of aromatic nitrogens is 1. The van der Waals surface area contributed by atoms with Gasteiger partial charge in [0.25, 0.3) is 5.91 Å². The molecule has 16 heavy (non-hydrogen) atoms. The van der Waals surface area contributed by atoms with Crippen LogP contribution in [0.1, 0.15) is 23.2 Å². The molecule has 1 aromatic heterocycles. The molecule has 0 saturated carbocycles. The molecule has 0 aliphatic carbocycles. The van der Waals surface area contributed by atoms with Crippen LogP contribution in [-0.2, 0) is 4.74 Å². The number of rotatable bonds is 3. The van der Waals surface area contributed by atoms with Gasteiger partial charge in [0.2, 0.25) is 0 Å². The molecule has 0 radical (unpaired) electrons. The Hall–Kier alpha value is -1.34. The summed E-state index contributed by atoms with van der Waals surface area (Å²) in [6.45, 7) is 1.43. The van der Waals surface area contributed by atoms with Crippen molar-refractivity contribution in [3.05, 3.63) is 5.56 Å². The second kappa shape index (κ2) is 4.67. The quantitative estimate of drug-likeness (QED) is 0.712. The van der Waals surface area contributed by atoms with E-state index in [1.54, 1.807) is 0 Å². The van der Waals surface area contributed by atoms with Crippen LogP contribution in [0.25, 0.3) is 0 Å². The maximum absolute atomic E-state index is 11.2. The Balaban J connectivity index is 2.11. The fraction of sp³-hybridized carbons (Fsp3) is 0.556. The molecule has 1 amide bonds. The number of amides is 1. The van der Waals surface area contributed by atoms with Crippen molar-refractivity contribution in [2.45, 2.75) is 18.9 Å². The van der Waals surface area contributed by atoms with Crippen molar-refractivity contribution in [1.29, 1.82) is 0 Å². The Labute approximate surface area is 97.1 Å². The number of ether oxygens (including phenoxy) is 1. The van der Waals surface area contributed by atoms with Gasteiger partial charge >= 0.3 is 0 Å². The highest BCUT2D eigenvalue weighted by Crippen LogP contribution is 2.27. The summed E-state index contributed by atoms with van der Waals surface area (Å²) in [4.78, 5) is 11.2. The molecule has 6 nitrogen and oxygen atoms in total. The molecule has 0 bridgehead atoms. The van der Waals surface area contributed by atoms with Crippen LogP contribution >= 0.6 is 11.5 Å². The largest absolute Gasteiger partial charge is 0.382 e. The molecule has 1 unspecified atom stereocenters. The van der Waals surface area contributed by atoms with Crippen LogP contribution in [0.4, 0.5) is 10.8 Å². The zero-order valence-corrected chi connectivity index (χ0v) is 9.55. The van der Waals surface area contributed by atoms with E-state index >= 15 is 0 Å². The Bertz CT molecular complexity index is 387. The number of hydrogen-bond donors (Lipinski definition) is 3. The second-order valence-electron chi connectivity index (χ2n) is 3.69. The summed E-state index contributed by atoms with van der Waals surface area (Å²) < 4.78 is 9.25. The average molecular weight is 242 g/mol. The fourth-order valence-corrected chi connectivity index (χ4v) is 2.48. The summed E-state index contributed by atoms with van der Waals surface area (Å²) in [6.07, 6.45) is 2.02. The summed E-state index contributed by atoms with van der Waals surface area (Å²) in [5.74, 6) is -0.359. The number of nitrogen functional groups attached to an aromatic ring is 1. The summed E-state index contributed by atoms with van der Waals surface area (Å²) in [5.41, 5.74) is 11.1. The van der Waals surface area contributed by atoms with Crippen LogP contribution in [0.5, 0.6) is 0 Å². The fourth-order valence-electron chi connectivity index (χ4n) is 1.68. The molecule has 2 heterocycles. The van der Waals surface area contributed by atoms with E-state index < -0.39 is 5.91 Å². The average Bonchev–Trinajstić information content (AvgIpc) is 2.61. The number of hydrogen-bond acceptors (Lipinski definition) is 6. The summed E-state index contributed by atoms with van der Waals surface area (Å²) in [5, 5.41) is 3.84. The third-order valence-corrected chi connectivity index (χ3v) is 3.25. The first kappa shape index (κ1) is 11.2. The van der Waals surface area contributed by atoms with Gasteiger partial charge in [-0.3, -0.25) is 4.79 Å². The van der Waals surface area contributed by atoms with Gasteiger partial charge in [-0.25, -0.2) is 0 Å². The minimum atomic E-state index is -0.550. The van der Waals surface area contributed by atoms with Crippen molar-refractivity contribution in [1.82, 2.24) is 4.37 Å². The predicted octanol–water partition coefficient (Wildman–Crippen LogP) is 0.415. The molecule has 1 aliphatic heterocycles. The molecule has 7 heteroatoms. The van der Waals surface area contributed by atoms with Crippen LogP contribution in [0.3, 0.4) is 0 Å². The summed E-state index contributed by atoms with van der Waals surface area (Å²) in [6, 6.07) is 0.201. The monoisotopic (exact) mass is 242 g/mol. The van der Waals surface area contributed by atoms with Crippen LogP contribution in [0.15, 0.2) is 0 Å². The van der Waals surface area contributed by atoms with Gasteiger partial charge in [-0.15, -0.1) is 0 Å². The molecule has 1 aromatic rings. The zero-order valence-electron chi connectivity index (χ0n) is 8.73. The number of nitrogens with one attached hydrogen (secondary N) is 1. The van der Waals surface area contributed by atoms with E-state index in [0.29, 0.717) is 11.6 Å². The third-order valence-electron chi connectivity index (χ3n) is 2.46. The normalized spacial score (nSPS) is 20.6. The smallest absolute Gasteiger partial charge is 0.255 e. The molecule has 1 aliphatic rings. The number of carbonyl (C=O) groups is 1. The molecule has 2 rings (SSSR count). The Morgan fingerprint density at radius 1 is 1.62 bits per heavy atom. The van der Waals surface area contributed by atoms with Crippen molar-refractivity contribution in [3.8, 4) is 0 Å².